The summed E-state index contributed by atoms with van der Waals surface area (Å²) in [4.78, 5) is 13.7. The topological polar surface area (TPSA) is 58.3 Å². The van der Waals surface area contributed by atoms with Crippen LogP contribution in [0.5, 0.6) is 0 Å². The summed E-state index contributed by atoms with van der Waals surface area (Å²) in [5.41, 5.74) is 0.905. The Labute approximate surface area is 155 Å². The van der Waals surface area contributed by atoms with Gasteiger partial charge in [-0.15, -0.1) is 0 Å². The Morgan fingerprint density at radius 2 is 1.96 bits per heavy atom. The molecule has 2 aromatic rings. The zero-order valence-corrected chi connectivity index (χ0v) is 15.9. The van der Waals surface area contributed by atoms with Gasteiger partial charge in [-0.3, -0.25) is 4.90 Å². The van der Waals surface area contributed by atoms with Gasteiger partial charge in [-0.2, -0.15) is 4.98 Å². The molecule has 2 aromatic heterocycles. The van der Waals surface area contributed by atoms with Gasteiger partial charge in [0.05, 0.1) is 6.04 Å². The van der Waals surface area contributed by atoms with Crippen molar-refractivity contribution < 1.29 is 4.52 Å². The van der Waals surface area contributed by atoms with Gasteiger partial charge in [-0.05, 0) is 50.3 Å². The van der Waals surface area contributed by atoms with Gasteiger partial charge in [0.15, 0.2) is 0 Å². The van der Waals surface area contributed by atoms with Crippen molar-refractivity contribution in [3.05, 3.63) is 24.2 Å². The molecule has 3 heterocycles. The zero-order chi connectivity index (χ0) is 17.9. The van der Waals surface area contributed by atoms with E-state index in [9.17, 15) is 0 Å². The molecular formula is C20H29N5O. The van der Waals surface area contributed by atoms with Crippen LogP contribution in [0.15, 0.2) is 22.9 Å². The molecule has 6 heteroatoms. The smallest absolute Gasteiger partial charge is 0.244 e. The van der Waals surface area contributed by atoms with E-state index in [4.69, 9.17) is 9.51 Å². The first kappa shape index (κ1) is 17.5. The fourth-order valence-electron chi connectivity index (χ4n) is 4.30. The van der Waals surface area contributed by atoms with Crippen molar-refractivity contribution in [3.8, 4) is 11.4 Å². The fourth-order valence-corrected chi connectivity index (χ4v) is 4.30. The predicted octanol–water partition coefficient (Wildman–Crippen LogP) is 3.91. The number of likely N-dealkylation sites (tertiary alicyclic amines) is 1. The summed E-state index contributed by atoms with van der Waals surface area (Å²) in [6, 6.07) is 4.27. The van der Waals surface area contributed by atoms with Gasteiger partial charge < -0.3 is 9.42 Å². The molecule has 0 radical (unpaired) electrons. The summed E-state index contributed by atoms with van der Waals surface area (Å²) in [7, 11) is 3.96. The second-order valence-electron chi connectivity index (χ2n) is 7.91. The summed E-state index contributed by atoms with van der Waals surface area (Å²) >= 11 is 0. The van der Waals surface area contributed by atoms with E-state index in [1.165, 1.54) is 45.1 Å². The van der Waals surface area contributed by atoms with Crippen molar-refractivity contribution in [2.24, 2.45) is 5.92 Å². The lowest BCUT2D eigenvalue weighted by Crippen LogP contribution is -2.30. The summed E-state index contributed by atoms with van der Waals surface area (Å²) in [5.74, 6) is 3.17. The Morgan fingerprint density at radius 3 is 2.69 bits per heavy atom. The number of pyridine rings is 1. The monoisotopic (exact) mass is 355 g/mol. The van der Waals surface area contributed by atoms with Crippen molar-refractivity contribution in [3.63, 3.8) is 0 Å². The second kappa shape index (κ2) is 7.74. The van der Waals surface area contributed by atoms with E-state index in [0.717, 1.165) is 36.2 Å². The molecule has 4 rings (SSSR count). The van der Waals surface area contributed by atoms with E-state index in [1.54, 1.807) is 0 Å². The second-order valence-corrected chi connectivity index (χ2v) is 7.91. The van der Waals surface area contributed by atoms with Gasteiger partial charge in [-0.1, -0.05) is 24.4 Å². The van der Waals surface area contributed by atoms with E-state index >= 15 is 0 Å². The van der Waals surface area contributed by atoms with Crippen LogP contribution in [-0.4, -0.2) is 47.2 Å². The molecule has 1 atom stereocenters. The van der Waals surface area contributed by atoms with Gasteiger partial charge in [0.2, 0.25) is 11.7 Å². The Morgan fingerprint density at radius 1 is 1.12 bits per heavy atom. The lowest BCUT2D eigenvalue weighted by molar-refractivity contribution is 0.163. The van der Waals surface area contributed by atoms with E-state index in [1.807, 2.05) is 37.3 Å². The molecule has 1 aliphatic heterocycles. The zero-order valence-electron chi connectivity index (χ0n) is 15.9. The lowest BCUT2D eigenvalue weighted by atomic mass is 9.89. The molecule has 6 nitrogen and oxygen atoms in total. The maximum Gasteiger partial charge on any atom is 0.244 e. The maximum absolute atomic E-state index is 5.66. The van der Waals surface area contributed by atoms with Gasteiger partial charge in [-0.25, -0.2) is 4.98 Å². The Bertz CT molecular complexity index is 705. The molecule has 2 aliphatic rings. The molecule has 1 saturated heterocycles. The Kier molecular flexibility index (Phi) is 5.20. The molecule has 140 valence electrons. The normalized spacial score (nSPS) is 22.0. The summed E-state index contributed by atoms with van der Waals surface area (Å²) < 4.78 is 5.66. The van der Waals surface area contributed by atoms with Crippen LogP contribution in [0.1, 0.15) is 56.9 Å². The molecule has 0 spiro atoms. The summed E-state index contributed by atoms with van der Waals surface area (Å²) in [6.07, 6.45) is 11.1. The first-order chi connectivity index (χ1) is 12.7. The van der Waals surface area contributed by atoms with E-state index in [2.05, 4.69) is 15.0 Å². The number of aromatic nitrogens is 3. The highest BCUT2D eigenvalue weighted by Gasteiger charge is 2.32. The van der Waals surface area contributed by atoms with Gasteiger partial charge >= 0.3 is 0 Å². The van der Waals surface area contributed by atoms with Crippen molar-refractivity contribution >= 4 is 5.82 Å². The third-order valence-electron chi connectivity index (χ3n) is 5.77. The number of nitrogens with zero attached hydrogens (tertiary/aromatic N) is 5. The van der Waals surface area contributed by atoms with Crippen LogP contribution in [0.25, 0.3) is 11.4 Å². The van der Waals surface area contributed by atoms with Crippen molar-refractivity contribution in [2.45, 2.75) is 51.0 Å². The van der Waals surface area contributed by atoms with E-state index < -0.39 is 0 Å². The van der Waals surface area contributed by atoms with Crippen LogP contribution >= 0.6 is 0 Å². The molecule has 0 amide bonds. The molecule has 0 aromatic carbocycles. The maximum atomic E-state index is 5.66. The van der Waals surface area contributed by atoms with Crippen LogP contribution in [0.2, 0.25) is 0 Å². The van der Waals surface area contributed by atoms with Crippen molar-refractivity contribution in [2.75, 3.05) is 32.1 Å². The molecule has 26 heavy (non-hydrogen) atoms. The lowest BCUT2D eigenvalue weighted by Gasteiger charge is -2.29. The largest absolute Gasteiger partial charge is 0.363 e. The summed E-state index contributed by atoms with van der Waals surface area (Å²) in [6.45, 7) is 2.33. The summed E-state index contributed by atoms with van der Waals surface area (Å²) in [5, 5.41) is 4.22. The SMILES string of the molecule is CN(C)c1ccc(-c2noc([C@@H]3CCCN3CC3CCCCC3)n2)cn1. The van der Waals surface area contributed by atoms with Crippen LogP contribution in [-0.2, 0) is 0 Å². The Balaban J connectivity index is 1.46. The number of hydrogen-bond donors (Lipinski definition) is 0. The molecule has 0 unspecified atom stereocenters. The minimum Gasteiger partial charge on any atom is -0.363 e. The first-order valence-corrected chi connectivity index (χ1v) is 9.92. The van der Waals surface area contributed by atoms with Crippen molar-refractivity contribution in [1.82, 2.24) is 20.0 Å². The number of anilines is 1. The molecular weight excluding hydrogens is 326 g/mol. The highest BCUT2D eigenvalue weighted by molar-refractivity contribution is 5.55. The third kappa shape index (κ3) is 3.75. The molecule has 1 saturated carbocycles. The van der Waals surface area contributed by atoms with E-state index in [0.29, 0.717) is 5.82 Å². The van der Waals surface area contributed by atoms with Gasteiger partial charge in [0.25, 0.3) is 0 Å². The van der Waals surface area contributed by atoms with Crippen LogP contribution in [0.4, 0.5) is 5.82 Å². The highest BCUT2D eigenvalue weighted by Crippen LogP contribution is 2.35. The highest BCUT2D eigenvalue weighted by atomic mass is 16.5. The average molecular weight is 355 g/mol. The minimum atomic E-state index is 0.284. The quantitative estimate of drug-likeness (QED) is 0.810. The van der Waals surface area contributed by atoms with Gasteiger partial charge in [0.1, 0.15) is 5.82 Å². The van der Waals surface area contributed by atoms with Crippen LogP contribution in [0, 0.1) is 5.92 Å². The average Bonchev–Trinajstić information content (AvgIpc) is 3.32. The Hall–Kier alpha value is -1.95. The standard InChI is InChI=1S/C20H29N5O/c1-24(2)18-11-10-16(13-21-18)19-22-20(26-23-19)17-9-6-12-25(17)14-15-7-4-3-5-8-15/h10-11,13,15,17H,3-9,12,14H2,1-2H3/t17-/m0/s1. The van der Waals surface area contributed by atoms with Gasteiger partial charge in [0, 0.05) is 32.4 Å². The molecule has 2 fully saturated rings. The number of hydrogen-bond acceptors (Lipinski definition) is 6. The first-order valence-electron chi connectivity index (χ1n) is 9.92. The minimum absolute atomic E-state index is 0.284. The van der Waals surface area contributed by atoms with Crippen LogP contribution < -0.4 is 4.90 Å². The third-order valence-corrected chi connectivity index (χ3v) is 5.77. The van der Waals surface area contributed by atoms with E-state index in [-0.39, 0.29) is 6.04 Å². The molecule has 1 aliphatic carbocycles. The van der Waals surface area contributed by atoms with Crippen LogP contribution in [0.3, 0.4) is 0 Å². The number of rotatable bonds is 5. The van der Waals surface area contributed by atoms with Crippen molar-refractivity contribution in [1.29, 1.82) is 0 Å². The fraction of sp³-hybridized carbons (Fsp3) is 0.650. The molecule has 0 N–H and O–H groups in total. The molecule has 0 bridgehead atoms. The predicted molar refractivity (Wildman–Crippen MR) is 102 cm³/mol.